The van der Waals surface area contributed by atoms with E-state index in [2.05, 4.69) is 5.32 Å². The number of aliphatic hydroxyl groups excluding tert-OH is 1. The van der Waals surface area contributed by atoms with Crippen LogP contribution in [0.5, 0.6) is 0 Å². The molecule has 0 aromatic heterocycles. The van der Waals surface area contributed by atoms with E-state index in [9.17, 15) is 19.8 Å². The predicted octanol–water partition coefficient (Wildman–Crippen LogP) is 1.58. The Balaban J connectivity index is 1.97. The molecule has 2 aliphatic rings. The number of amides is 2. The van der Waals surface area contributed by atoms with Gasteiger partial charge in [0.2, 0.25) is 0 Å². The highest BCUT2D eigenvalue weighted by Gasteiger charge is 2.42. The summed E-state index contributed by atoms with van der Waals surface area (Å²) in [6, 6.07) is -0.436. The smallest absolute Gasteiger partial charge is 0.317 e. The van der Waals surface area contributed by atoms with Gasteiger partial charge in [0.25, 0.3) is 0 Å². The fourth-order valence-corrected chi connectivity index (χ4v) is 3.45. The van der Waals surface area contributed by atoms with Crippen LogP contribution in [0.4, 0.5) is 4.79 Å². The lowest BCUT2D eigenvalue weighted by Crippen LogP contribution is -2.56. The van der Waals surface area contributed by atoms with Crippen LogP contribution in [0.3, 0.4) is 0 Å². The number of hydrogen-bond donors (Lipinski definition) is 3. The molecule has 0 aromatic rings. The molecule has 0 aromatic carbocycles. The number of aliphatic carboxylic acids is 1. The van der Waals surface area contributed by atoms with Gasteiger partial charge in [-0.25, -0.2) is 4.79 Å². The van der Waals surface area contributed by atoms with Crippen LogP contribution in [0.1, 0.15) is 51.9 Å². The molecule has 0 radical (unpaired) electrons. The van der Waals surface area contributed by atoms with Crippen LogP contribution in [0.2, 0.25) is 0 Å². The number of rotatable bonds is 3. The van der Waals surface area contributed by atoms with Gasteiger partial charge in [0.1, 0.15) is 0 Å². The van der Waals surface area contributed by atoms with Gasteiger partial charge in [0, 0.05) is 13.1 Å². The molecule has 2 rings (SSSR count). The van der Waals surface area contributed by atoms with Crippen molar-refractivity contribution < 1.29 is 19.8 Å². The summed E-state index contributed by atoms with van der Waals surface area (Å²) in [5.41, 5.74) is -0.819. The first kappa shape index (κ1) is 16.1. The number of nitrogens with zero attached hydrogens (tertiary/aromatic N) is 1. The van der Waals surface area contributed by atoms with Gasteiger partial charge in [-0.2, -0.15) is 0 Å². The van der Waals surface area contributed by atoms with Crippen molar-refractivity contribution in [1.29, 1.82) is 0 Å². The summed E-state index contributed by atoms with van der Waals surface area (Å²) in [4.78, 5) is 25.5. The number of carboxylic acid groups (broad SMARTS) is 1. The number of aliphatic hydroxyl groups is 1. The van der Waals surface area contributed by atoms with Gasteiger partial charge in [-0.1, -0.05) is 19.8 Å². The molecule has 1 saturated carbocycles. The molecule has 2 fully saturated rings. The van der Waals surface area contributed by atoms with Gasteiger partial charge in [-0.3, -0.25) is 4.79 Å². The third-order valence-electron chi connectivity index (χ3n) is 5.03. The van der Waals surface area contributed by atoms with Crippen molar-refractivity contribution >= 4 is 12.0 Å². The van der Waals surface area contributed by atoms with Crippen LogP contribution in [-0.2, 0) is 4.79 Å². The average molecular weight is 298 g/mol. The first-order chi connectivity index (χ1) is 9.98. The lowest BCUT2D eigenvalue weighted by Gasteiger charge is -2.40. The molecule has 1 aliphatic carbocycles. The molecule has 6 heteroatoms. The van der Waals surface area contributed by atoms with Gasteiger partial charge < -0.3 is 20.4 Å². The van der Waals surface area contributed by atoms with E-state index in [0.29, 0.717) is 25.8 Å². The number of carbonyl (C=O) groups excluding carboxylic acids is 1. The largest absolute Gasteiger partial charge is 0.481 e. The first-order valence-electron chi connectivity index (χ1n) is 7.95. The fourth-order valence-electron chi connectivity index (χ4n) is 3.45. The van der Waals surface area contributed by atoms with Crippen LogP contribution in [0.25, 0.3) is 0 Å². The number of carboxylic acids is 1. The zero-order valence-electron chi connectivity index (χ0n) is 12.7. The fraction of sp³-hybridized carbons (Fsp3) is 0.867. The lowest BCUT2D eigenvalue weighted by atomic mass is 9.78. The second-order valence-corrected chi connectivity index (χ2v) is 6.37. The molecule has 2 amide bonds. The highest BCUT2D eigenvalue weighted by Crippen LogP contribution is 2.33. The standard InChI is InChI=1S/C15H26N2O4/c1-2-15(13(19)20)8-5-9-17(10-15)14(21)16-11-6-3-4-7-12(11)18/h11-12,18H,2-10H2,1H3,(H,16,21)(H,19,20). The number of urea groups is 1. The van der Waals surface area contributed by atoms with E-state index in [0.717, 1.165) is 25.7 Å². The highest BCUT2D eigenvalue weighted by atomic mass is 16.4. The summed E-state index contributed by atoms with van der Waals surface area (Å²) >= 11 is 0. The van der Waals surface area contributed by atoms with E-state index in [1.54, 1.807) is 4.90 Å². The second kappa shape index (κ2) is 6.64. The van der Waals surface area contributed by atoms with Crippen LogP contribution >= 0.6 is 0 Å². The van der Waals surface area contributed by atoms with E-state index in [1.165, 1.54) is 0 Å². The highest BCUT2D eigenvalue weighted by molar-refractivity contribution is 5.79. The summed E-state index contributed by atoms with van der Waals surface area (Å²) in [6.45, 7) is 2.71. The molecule has 6 nitrogen and oxygen atoms in total. The number of likely N-dealkylation sites (tertiary alicyclic amines) is 1. The van der Waals surface area contributed by atoms with Gasteiger partial charge in [0.15, 0.2) is 0 Å². The van der Waals surface area contributed by atoms with E-state index < -0.39 is 17.5 Å². The van der Waals surface area contributed by atoms with E-state index in [4.69, 9.17) is 0 Å². The third kappa shape index (κ3) is 3.48. The molecule has 3 atom stereocenters. The Morgan fingerprint density at radius 3 is 2.62 bits per heavy atom. The molecule has 0 spiro atoms. The van der Waals surface area contributed by atoms with Gasteiger partial charge in [0.05, 0.1) is 17.6 Å². The number of hydrogen-bond acceptors (Lipinski definition) is 3. The maximum atomic E-state index is 12.3. The predicted molar refractivity (Wildman–Crippen MR) is 78.0 cm³/mol. The molecular formula is C15H26N2O4. The summed E-state index contributed by atoms with van der Waals surface area (Å²) in [5, 5.41) is 22.3. The summed E-state index contributed by atoms with van der Waals surface area (Å²) in [6.07, 6.45) is 4.89. The van der Waals surface area contributed by atoms with Crippen molar-refractivity contribution in [2.75, 3.05) is 13.1 Å². The minimum Gasteiger partial charge on any atom is -0.481 e. The van der Waals surface area contributed by atoms with Crippen molar-refractivity contribution in [2.24, 2.45) is 5.41 Å². The Hall–Kier alpha value is -1.30. The molecule has 0 bridgehead atoms. The van der Waals surface area contributed by atoms with Crippen LogP contribution in [-0.4, -0.2) is 52.3 Å². The van der Waals surface area contributed by atoms with Gasteiger partial charge in [-0.05, 0) is 32.1 Å². The minimum absolute atomic E-state index is 0.200. The molecule has 21 heavy (non-hydrogen) atoms. The zero-order chi connectivity index (χ0) is 15.5. The molecule has 3 unspecified atom stereocenters. The molecule has 120 valence electrons. The van der Waals surface area contributed by atoms with Crippen molar-refractivity contribution in [2.45, 2.75) is 64.0 Å². The maximum Gasteiger partial charge on any atom is 0.317 e. The summed E-state index contributed by atoms with van der Waals surface area (Å²) in [5.74, 6) is -0.819. The number of carbonyl (C=O) groups is 2. The van der Waals surface area contributed by atoms with Crippen molar-refractivity contribution in [1.82, 2.24) is 10.2 Å². The molecule has 1 saturated heterocycles. The van der Waals surface area contributed by atoms with E-state index in [-0.39, 0.29) is 18.6 Å². The molecular weight excluding hydrogens is 272 g/mol. The van der Waals surface area contributed by atoms with E-state index >= 15 is 0 Å². The van der Waals surface area contributed by atoms with Crippen LogP contribution in [0, 0.1) is 5.41 Å². The topological polar surface area (TPSA) is 89.9 Å². The Morgan fingerprint density at radius 2 is 2.00 bits per heavy atom. The number of nitrogens with one attached hydrogen (secondary N) is 1. The Bertz CT molecular complexity index is 401. The average Bonchev–Trinajstić information content (AvgIpc) is 2.49. The van der Waals surface area contributed by atoms with Gasteiger partial charge >= 0.3 is 12.0 Å². The number of piperidine rings is 1. The second-order valence-electron chi connectivity index (χ2n) is 6.37. The third-order valence-corrected chi connectivity index (χ3v) is 5.03. The molecule has 3 N–H and O–H groups in total. The molecule has 1 heterocycles. The lowest BCUT2D eigenvalue weighted by molar-refractivity contribution is -0.152. The Labute approximate surface area is 125 Å². The Morgan fingerprint density at radius 1 is 1.29 bits per heavy atom. The van der Waals surface area contributed by atoms with Gasteiger partial charge in [-0.15, -0.1) is 0 Å². The van der Waals surface area contributed by atoms with Crippen molar-refractivity contribution in [3.05, 3.63) is 0 Å². The normalized spacial score (nSPS) is 33.5. The van der Waals surface area contributed by atoms with E-state index in [1.807, 2.05) is 6.92 Å². The van der Waals surface area contributed by atoms with Crippen molar-refractivity contribution in [3.63, 3.8) is 0 Å². The SMILES string of the molecule is CCC1(C(=O)O)CCCN(C(=O)NC2CCCCC2O)C1. The Kier molecular flexibility index (Phi) is 5.08. The summed E-state index contributed by atoms with van der Waals surface area (Å²) in [7, 11) is 0. The van der Waals surface area contributed by atoms with Crippen LogP contribution < -0.4 is 5.32 Å². The zero-order valence-corrected chi connectivity index (χ0v) is 12.7. The first-order valence-corrected chi connectivity index (χ1v) is 7.95. The van der Waals surface area contributed by atoms with Crippen LogP contribution in [0.15, 0.2) is 0 Å². The quantitative estimate of drug-likeness (QED) is 0.738. The van der Waals surface area contributed by atoms with Crippen molar-refractivity contribution in [3.8, 4) is 0 Å². The maximum absolute atomic E-state index is 12.3. The minimum atomic E-state index is -0.819. The summed E-state index contributed by atoms with van der Waals surface area (Å²) < 4.78 is 0. The molecule has 1 aliphatic heterocycles. The monoisotopic (exact) mass is 298 g/mol.